The normalized spacial score (nSPS) is 18.8. The van der Waals surface area contributed by atoms with Gasteiger partial charge in [0.25, 0.3) is 5.78 Å². The molecule has 152 valence electrons. The van der Waals surface area contributed by atoms with E-state index in [4.69, 9.17) is 4.52 Å². The summed E-state index contributed by atoms with van der Waals surface area (Å²) < 4.78 is 5.46. The predicted octanol–water partition coefficient (Wildman–Crippen LogP) is 4.60. The van der Waals surface area contributed by atoms with Gasteiger partial charge in [-0.05, 0) is 5.56 Å². The van der Waals surface area contributed by atoms with Gasteiger partial charge in [0.15, 0.2) is 5.82 Å². The number of aromatic nitrogens is 1. The Balaban J connectivity index is 1.91. The third kappa shape index (κ3) is 3.30. The van der Waals surface area contributed by atoms with Crippen molar-refractivity contribution in [2.75, 3.05) is 4.90 Å². The van der Waals surface area contributed by atoms with Crippen molar-refractivity contribution in [2.24, 2.45) is 0 Å². The summed E-state index contributed by atoms with van der Waals surface area (Å²) in [5.41, 5.74) is 0.865. The molecular weight excluding hydrogens is 380 g/mol. The van der Waals surface area contributed by atoms with Crippen molar-refractivity contribution in [1.82, 2.24) is 5.16 Å². The number of hydrogen-bond donors (Lipinski definition) is 1. The van der Waals surface area contributed by atoms with Gasteiger partial charge in [0.1, 0.15) is 11.5 Å². The first-order valence-electron chi connectivity index (χ1n) is 9.67. The number of hydrogen-bond acceptors (Lipinski definition) is 5. The first kappa shape index (κ1) is 19.6. The van der Waals surface area contributed by atoms with Crippen LogP contribution in [0.25, 0.3) is 5.76 Å². The highest BCUT2D eigenvalue weighted by molar-refractivity contribution is 6.51. The zero-order chi connectivity index (χ0) is 21.5. The van der Waals surface area contributed by atoms with Crippen molar-refractivity contribution in [3.8, 4) is 0 Å². The Kier molecular flexibility index (Phi) is 4.78. The first-order chi connectivity index (χ1) is 14.3. The third-order valence-corrected chi connectivity index (χ3v) is 5.09. The van der Waals surface area contributed by atoms with Crippen LogP contribution in [0.5, 0.6) is 0 Å². The molecule has 6 nitrogen and oxygen atoms in total. The number of aliphatic hydroxyl groups excluding tert-OH is 1. The number of Topliss-reactive ketones (excluding diaryl/α,β-unsaturated/α-hetero) is 1. The molecule has 2 heterocycles. The van der Waals surface area contributed by atoms with E-state index in [1.54, 1.807) is 30.3 Å². The van der Waals surface area contributed by atoms with Gasteiger partial charge in [0, 0.05) is 17.0 Å². The van der Waals surface area contributed by atoms with Crippen LogP contribution in [-0.4, -0.2) is 22.0 Å². The van der Waals surface area contributed by atoms with Gasteiger partial charge < -0.3 is 9.63 Å². The van der Waals surface area contributed by atoms with Crippen molar-refractivity contribution < 1.29 is 19.2 Å². The summed E-state index contributed by atoms with van der Waals surface area (Å²) in [6.07, 6.45) is 0. The highest BCUT2D eigenvalue weighted by Gasteiger charge is 2.48. The fraction of sp³-hybridized carbons (Fsp3) is 0.208. The van der Waals surface area contributed by atoms with E-state index in [-0.39, 0.29) is 22.6 Å². The molecule has 30 heavy (non-hydrogen) atoms. The minimum atomic E-state index is -0.815. The highest BCUT2D eigenvalue weighted by Crippen LogP contribution is 2.42. The van der Waals surface area contributed by atoms with E-state index in [1.807, 2.05) is 57.2 Å². The summed E-state index contributed by atoms with van der Waals surface area (Å²) in [6.45, 7) is 5.90. The van der Waals surface area contributed by atoms with Crippen molar-refractivity contribution in [2.45, 2.75) is 32.2 Å². The average Bonchev–Trinajstić information content (AvgIpc) is 3.33. The zero-order valence-electron chi connectivity index (χ0n) is 17.0. The van der Waals surface area contributed by atoms with Gasteiger partial charge in [-0.3, -0.25) is 14.5 Å². The molecule has 0 spiro atoms. The molecule has 1 aliphatic heterocycles. The van der Waals surface area contributed by atoms with Crippen LogP contribution in [-0.2, 0) is 15.0 Å². The van der Waals surface area contributed by atoms with E-state index in [9.17, 15) is 14.7 Å². The number of anilines is 1. The van der Waals surface area contributed by atoms with Crippen molar-refractivity contribution in [3.63, 3.8) is 0 Å². The molecule has 2 aromatic carbocycles. The second-order valence-electron chi connectivity index (χ2n) is 8.25. The largest absolute Gasteiger partial charge is 0.507 e. The van der Waals surface area contributed by atoms with Crippen molar-refractivity contribution in [1.29, 1.82) is 0 Å². The number of aliphatic hydroxyl groups is 1. The Morgan fingerprint density at radius 1 is 1.00 bits per heavy atom. The van der Waals surface area contributed by atoms with Gasteiger partial charge in [-0.1, -0.05) is 86.6 Å². The number of nitrogens with zero attached hydrogens (tertiary/aromatic N) is 2. The Morgan fingerprint density at radius 3 is 2.17 bits per heavy atom. The van der Waals surface area contributed by atoms with Gasteiger partial charge in [0.05, 0.1) is 11.6 Å². The standard InChI is InChI=1S/C24H22N2O4/c1-24(2,3)17-14-18(25-30-17)26-20(15-10-6-4-7-11-15)19(22(28)23(26)29)21(27)16-12-8-5-9-13-16/h4-14,20,27H,1-3H3/b21-19-. The lowest BCUT2D eigenvalue weighted by Gasteiger charge is -2.22. The van der Waals surface area contributed by atoms with Crippen LogP contribution in [0.2, 0.25) is 0 Å². The maximum absolute atomic E-state index is 13.0. The van der Waals surface area contributed by atoms with E-state index < -0.39 is 17.7 Å². The molecule has 1 amide bonds. The number of benzene rings is 2. The number of carbonyl (C=O) groups is 2. The van der Waals surface area contributed by atoms with Gasteiger partial charge in [-0.15, -0.1) is 0 Å². The molecule has 0 bridgehead atoms. The molecule has 3 aromatic rings. The van der Waals surface area contributed by atoms with Crippen LogP contribution in [0.1, 0.15) is 43.7 Å². The molecule has 1 atom stereocenters. The molecule has 1 saturated heterocycles. The topological polar surface area (TPSA) is 83.6 Å². The van der Waals surface area contributed by atoms with Crippen molar-refractivity contribution >= 4 is 23.3 Å². The lowest BCUT2D eigenvalue weighted by atomic mass is 9.93. The molecule has 1 fully saturated rings. The molecule has 1 unspecified atom stereocenters. The third-order valence-electron chi connectivity index (χ3n) is 5.09. The van der Waals surface area contributed by atoms with Crippen LogP contribution >= 0.6 is 0 Å². The Bertz CT molecular complexity index is 1120. The summed E-state index contributed by atoms with van der Waals surface area (Å²) in [5.74, 6) is -0.900. The Hall–Kier alpha value is -3.67. The van der Waals surface area contributed by atoms with E-state index >= 15 is 0 Å². The second kappa shape index (κ2) is 7.30. The molecule has 0 saturated carbocycles. The van der Waals surface area contributed by atoms with Gasteiger partial charge in [-0.25, -0.2) is 0 Å². The predicted molar refractivity (Wildman–Crippen MR) is 113 cm³/mol. The van der Waals surface area contributed by atoms with Crippen LogP contribution < -0.4 is 4.90 Å². The zero-order valence-corrected chi connectivity index (χ0v) is 17.0. The minimum Gasteiger partial charge on any atom is -0.507 e. The highest BCUT2D eigenvalue weighted by atomic mass is 16.5. The molecular formula is C24H22N2O4. The Labute approximate surface area is 174 Å². The van der Waals surface area contributed by atoms with E-state index in [0.717, 1.165) is 0 Å². The van der Waals surface area contributed by atoms with E-state index in [1.165, 1.54) is 4.90 Å². The van der Waals surface area contributed by atoms with Gasteiger partial charge in [-0.2, -0.15) is 0 Å². The van der Waals surface area contributed by atoms with Crippen molar-refractivity contribution in [3.05, 3.63) is 89.2 Å². The SMILES string of the molecule is CC(C)(C)c1cc(N2C(=O)C(=O)/C(=C(\O)c3ccccc3)C2c2ccccc2)no1. The minimum absolute atomic E-state index is 0.0257. The number of carbonyl (C=O) groups excluding carboxylic acids is 2. The molecule has 0 radical (unpaired) electrons. The molecule has 1 aromatic heterocycles. The molecule has 4 rings (SSSR count). The summed E-state index contributed by atoms with van der Waals surface area (Å²) in [5, 5.41) is 15.0. The fourth-order valence-electron chi connectivity index (χ4n) is 3.50. The number of rotatable bonds is 3. The van der Waals surface area contributed by atoms with E-state index in [0.29, 0.717) is 16.9 Å². The second-order valence-corrected chi connectivity index (χ2v) is 8.25. The van der Waals surface area contributed by atoms with Crippen LogP contribution in [0.15, 0.2) is 76.8 Å². The summed E-state index contributed by atoms with van der Waals surface area (Å²) in [6, 6.07) is 18.7. The quantitative estimate of drug-likeness (QED) is 0.393. The fourth-order valence-corrected chi connectivity index (χ4v) is 3.50. The smallest absolute Gasteiger partial charge is 0.301 e. The molecule has 1 N–H and O–H groups in total. The summed E-state index contributed by atoms with van der Waals surface area (Å²) in [4.78, 5) is 27.4. The van der Waals surface area contributed by atoms with Crippen LogP contribution in [0.3, 0.4) is 0 Å². The molecule has 0 aliphatic carbocycles. The van der Waals surface area contributed by atoms with Gasteiger partial charge >= 0.3 is 5.91 Å². The lowest BCUT2D eigenvalue weighted by Crippen LogP contribution is -2.29. The first-order valence-corrected chi connectivity index (χ1v) is 9.67. The number of amides is 1. The number of ketones is 1. The maximum Gasteiger partial charge on any atom is 0.301 e. The summed E-state index contributed by atoms with van der Waals surface area (Å²) >= 11 is 0. The Morgan fingerprint density at radius 2 is 1.60 bits per heavy atom. The van der Waals surface area contributed by atoms with Crippen LogP contribution in [0.4, 0.5) is 5.82 Å². The summed E-state index contributed by atoms with van der Waals surface area (Å²) in [7, 11) is 0. The van der Waals surface area contributed by atoms with E-state index in [2.05, 4.69) is 5.16 Å². The van der Waals surface area contributed by atoms with Gasteiger partial charge in [0.2, 0.25) is 0 Å². The van der Waals surface area contributed by atoms with Crippen LogP contribution in [0, 0.1) is 0 Å². The molecule has 6 heteroatoms. The average molecular weight is 402 g/mol. The monoisotopic (exact) mass is 402 g/mol. The lowest BCUT2D eigenvalue weighted by molar-refractivity contribution is -0.132. The molecule has 1 aliphatic rings. The maximum atomic E-state index is 13.0.